The van der Waals surface area contributed by atoms with E-state index < -0.39 is 18.0 Å². The van der Waals surface area contributed by atoms with E-state index in [2.05, 4.69) is 15.4 Å². The molecule has 1 unspecified atom stereocenters. The molecule has 1 atom stereocenters. The Balaban J connectivity index is 4.20. The van der Waals surface area contributed by atoms with Crippen molar-refractivity contribution in [2.75, 3.05) is 13.7 Å². The summed E-state index contributed by atoms with van der Waals surface area (Å²) in [5.74, 6) is -0.529. The van der Waals surface area contributed by atoms with Gasteiger partial charge >= 0.3 is 12.0 Å². The van der Waals surface area contributed by atoms with Crippen LogP contribution in [0.3, 0.4) is 0 Å². The van der Waals surface area contributed by atoms with Crippen molar-refractivity contribution in [2.45, 2.75) is 32.7 Å². The lowest BCUT2D eigenvalue weighted by atomic mass is 10.0. The molecule has 0 radical (unpaired) electrons. The number of esters is 1. The number of hydrogen-bond donors (Lipinski definition) is 3. The number of hydrogen-bond acceptors (Lipinski definition) is 4. The van der Waals surface area contributed by atoms with Gasteiger partial charge in [-0.1, -0.05) is 13.8 Å². The Labute approximate surface area is 106 Å². The van der Waals surface area contributed by atoms with E-state index in [0.717, 1.165) is 0 Å². The van der Waals surface area contributed by atoms with Crippen LogP contribution in [0.4, 0.5) is 4.79 Å². The van der Waals surface area contributed by atoms with Crippen molar-refractivity contribution in [2.24, 2.45) is 11.7 Å². The lowest BCUT2D eigenvalue weighted by Crippen LogP contribution is -2.49. The van der Waals surface area contributed by atoms with Crippen LogP contribution in [0.25, 0.3) is 0 Å². The average Bonchev–Trinajstić information content (AvgIpc) is 2.26. The molecule has 0 aliphatic rings. The minimum Gasteiger partial charge on any atom is -0.469 e. The van der Waals surface area contributed by atoms with Crippen LogP contribution in [0.5, 0.6) is 0 Å². The van der Waals surface area contributed by atoms with Crippen molar-refractivity contribution in [1.82, 2.24) is 10.6 Å². The maximum Gasteiger partial charge on any atom is 0.312 e. The first-order valence-electron chi connectivity index (χ1n) is 5.77. The van der Waals surface area contributed by atoms with Crippen LogP contribution in [0.15, 0.2) is 0 Å². The molecule has 0 aliphatic heterocycles. The maximum atomic E-state index is 11.8. The van der Waals surface area contributed by atoms with E-state index in [-0.39, 0.29) is 24.8 Å². The largest absolute Gasteiger partial charge is 0.469 e. The third kappa shape index (κ3) is 7.48. The van der Waals surface area contributed by atoms with Crippen molar-refractivity contribution in [1.29, 1.82) is 0 Å². The van der Waals surface area contributed by atoms with Crippen LogP contribution >= 0.6 is 0 Å². The number of nitrogens with two attached hydrogens (primary N) is 1. The number of carbonyl (C=O) groups is 3. The molecule has 18 heavy (non-hydrogen) atoms. The Kier molecular flexibility index (Phi) is 7.50. The van der Waals surface area contributed by atoms with E-state index in [4.69, 9.17) is 5.73 Å². The van der Waals surface area contributed by atoms with E-state index in [0.29, 0.717) is 6.42 Å². The second-order valence-corrected chi connectivity index (χ2v) is 4.31. The monoisotopic (exact) mass is 259 g/mol. The summed E-state index contributed by atoms with van der Waals surface area (Å²) in [6, 6.07) is -1.43. The zero-order chi connectivity index (χ0) is 14.1. The predicted molar refractivity (Wildman–Crippen MR) is 65.6 cm³/mol. The number of primary amides is 1. The number of amides is 3. The maximum absolute atomic E-state index is 11.8. The minimum absolute atomic E-state index is 0.0905. The summed E-state index contributed by atoms with van der Waals surface area (Å²) in [4.78, 5) is 33.4. The van der Waals surface area contributed by atoms with Gasteiger partial charge in [-0.2, -0.15) is 0 Å². The van der Waals surface area contributed by atoms with Gasteiger partial charge in [0.25, 0.3) is 0 Å². The van der Waals surface area contributed by atoms with Crippen LogP contribution in [0.1, 0.15) is 26.7 Å². The van der Waals surface area contributed by atoms with Gasteiger partial charge in [-0.15, -0.1) is 0 Å². The van der Waals surface area contributed by atoms with Crippen LogP contribution in [-0.2, 0) is 14.3 Å². The molecule has 0 saturated carbocycles. The third-order valence-corrected chi connectivity index (χ3v) is 2.20. The fraction of sp³-hybridized carbons (Fsp3) is 0.727. The van der Waals surface area contributed by atoms with Gasteiger partial charge in [0.15, 0.2) is 0 Å². The Bertz CT molecular complexity index is 305. The first-order valence-corrected chi connectivity index (χ1v) is 5.77. The average molecular weight is 259 g/mol. The standard InChI is InChI=1S/C11H21N3O4/c1-7(2)6-8(14-11(12)17)10(16)13-5-4-9(15)18-3/h7-8H,4-6H2,1-3H3,(H,13,16)(H3,12,14,17). The fourth-order valence-electron chi connectivity index (χ4n) is 1.39. The van der Waals surface area contributed by atoms with Crippen molar-refractivity contribution in [3.8, 4) is 0 Å². The number of urea groups is 1. The molecule has 3 amide bonds. The number of ether oxygens (including phenoxy) is 1. The number of nitrogens with one attached hydrogen (secondary N) is 2. The van der Waals surface area contributed by atoms with E-state index in [9.17, 15) is 14.4 Å². The lowest BCUT2D eigenvalue weighted by Gasteiger charge is -2.18. The summed E-state index contributed by atoms with van der Waals surface area (Å²) in [5.41, 5.74) is 5.00. The zero-order valence-electron chi connectivity index (χ0n) is 11.0. The van der Waals surface area contributed by atoms with Crippen molar-refractivity contribution in [3.63, 3.8) is 0 Å². The Hall–Kier alpha value is -1.79. The summed E-state index contributed by atoms with van der Waals surface area (Å²) in [5, 5.41) is 4.92. The summed E-state index contributed by atoms with van der Waals surface area (Å²) >= 11 is 0. The number of rotatable bonds is 7. The second-order valence-electron chi connectivity index (χ2n) is 4.31. The highest BCUT2D eigenvalue weighted by molar-refractivity contribution is 5.86. The first kappa shape index (κ1) is 16.2. The molecular weight excluding hydrogens is 238 g/mol. The molecule has 0 bridgehead atoms. The van der Waals surface area contributed by atoms with Crippen molar-refractivity contribution >= 4 is 17.9 Å². The summed E-state index contributed by atoms with van der Waals surface area (Å²) < 4.78 is 4.44. The van der Waals surface area contributed by atoms with Gasteiger partial charge in [0.05, 0.1) is 13.5 Å². The highest BCUT2D eigenvalue weighted by Crippen LogP contribution is 2.04. The van der Waals surface area contributed by atoms with E-state index in [1.54, 1.807) is 0 Å². The van der Waals surface area contributed by atoms with E-state index in [1.165, 1.54) is 7.11 Å². The van der Waals surface area contributed by atoms with Crippen LogP contribution in [-0.4, -0.2) is 37.6 Å². The molecule has 0 rings (SSSR count). The quantitative estimate of drug-likeness (QED) is 0.547. The summed E-state index contributed by atoms with van der Waals surface area (Å²) in [6.45, 7) is 4.02. The van der Waals surface area contributed by atoms with Crippen molar-refractivity contribution in [3.05, 3.63) is 0 Å². The number of carbonyl (C=O) groups excluding carboxylic acids is 3. The molecule has 0 aromatic rings. The highest BCUT2D eigenvalue weighted by Gasteiger charge is 2.20. The van der Waals surface area contributed by atoms with Crippen LogP contribution in [0.2, 0.25) is 0 Å². The van der Waals surface area contributed by atoms with Gasteiger partial charge in [-0.05, 0) is 12.3 Å². The molecule has 0 fully saturated rings. The molecule has 7 nitrogen and oxygen atoms in total. The van der Waals surface area contributed by atoms with Gasteiger partial charge < -0.3 is 21.1 Å². The third-order valence-electron chi connectivity index (χ3n) is 2.20. The van der Waals surface area contributed by atoms with Gasteiger partial charge in [-0.25, -0.2) is 4.79 Å². The Morgan fingerprint density at radius 3 is 2.33 bits per heavy atom. The van der Waals surface area contributed by atoms with E-state index in [1.807, 2.05) is 13.8 Å². The minimum atomic E-state index is -0.747. The molecule has 0 spiro atoms. The predicted octanol–water partition coefficient (Wildman–Crippen LogP) is -0.251. The van der Waals surface area contributed by atoms with Gasteiger partial charge in [-0.3, -0.25) is 9.59 Å². The Morgan fingerprint density at radius 1 is 1.28 bits per heavy atom. The normalized spacial score (nSPS) is 11.8. The molecule has 0 saturated heterocycles. The highest BCUT2D eigenvalue weighted by atomic mass is 16.5. The lowest BCUT2D eigenvalue weighted by molar-refractivity contribution is -0.140. The Morgan fingerprint density at radius 2 is 1.89 bits per heavy atom. The first-order chi connectivity index (χ1) is 8.36. The molecular formula is C11H21N3O4. The summed E-state index contributed by atoms with van der Waals surface area (Å²) in [7, 11) is 1.28. The molecule has 4 N–H and O–H groups in total. The molecule has 0 aliphatic carbocycles. The molecule has 7 heteroatoms. The van der Waals surface area contributed by atoms with Gasteiger partial charge in [0.2, 0.25) is 5.91 Å². The van der Waals surface area contributed by atoms with Crippen molar-refractivity contribution < 1.29 is 19.1 Å². The molecule has 0 aromatic carbocycles. The summed E-state index contributed by atoms with van der Waals surface area (Å²) in [6.07, 6.45) is 0.570. The van der Waals surface area contributed by atoms with Gasteiger partial charge in [0, 0.05) is 6.54 Å². The second kappa shape index (κ2) is 8.32. The smallest absolute Gasteiger partial charge is 0.312 e. The van der Waals surface area contributed by atoms with Gasteiger partial charge in [0.1, 0.15) is 6.04 Å². The molecule has 0 aromatic heterocycles. The number of methoxy groups -OCH3 is 1. The SMILES string of the molecule is COC(=O)CCNC(=O)C(CC(C)C)NC(N)=O. The fourth-order valence-corrected chi connectivity index (χ4v) is 1.39. The van der Waals surface area contributed by atoms with E-state index >= 15 is 0 Å². The molecule has 0 heterocycles. The topological polar surface area (TPSA) is 111 Å². The van der Waals surface area contributed by atoms with Crippen LogP contribution in [0, 0.1) is 5.92 Å². The zero-order valence-corrected chi connectivity index (χ0v) is 11.0. The van der Waals surface area contributed by atoms with Crippen LogP contribution < -0.4 is 16.4 Å². The molecule has 104 valence electrons.